The Balaban J connectivity index is 1.58. The van der Waals surface area contributed by atoms with E-state index in [0.717, 1.165) is 24.2 Å². The number of benzene rings is 1. The largest absolute Gasteiger partial charge is 0.493 e. The predicted octanol–water partition coefficient (Wildman–Crippen LogP) is 2.77. The first-order valence-corrected chi connectivity index (χ1v) is 12.0. The van der Waals surface area contributed by atoms with E-state index in [0.29, 0.717) is 30.9 Å². The lowest BCUT2D eigenvalue weighted by Gasteiger charge is -2.43. The fourth-order valence-electron chi connectivity index (χ4n) is 5.29. The predicted molar refractivity (Wildman–Crippen MR) is 129 cm³/mol. The van der Waals surface area contributed by atoms with Crippen molar-refractivity contribution in [2.24, 2.45) is 11.3 Å². The number of methoxy groups -OCH3 is 1. The quantitative estimate of drug-likeness (QED) is 0.293. The topological polar surface area (TPSA) is 126 Å². The molecule has 10 heteroatoms. The number of unbranched alkanes of at least 4 members (excludes halogenated alkanes) is 1. The van der Waals surface area contributed by atoms with Gasteiger partial charge in [0.15, 0.2) is 11.5 Å². The highest BCUT2D eigenvalue weighted by Gasteiger charge is 2.56. The monoisotopic (exact) mass is 488 g/mol. The molecule has 3 rings (SSSR count). The molecular weight excluding hydrogens is 452 g/mol. The molecule has 0 aromatic heterocycles. The first-order valence-electron chi connectivity index (χ1n) is 12.0. The Hall–Kier alpha value is -3.30. The molecule has 1 heterocycles. The second-order valence-electron chi connectivity index (χ2n) is 10.3. The summed E-state index contributed by atoms with van der Waals surface area (Å²) in [5.74, 6) is -0.478. The number of hydrazine groups is 1. The number of urea groups is 1. The Bertz CT molecular complexity index is 994. The molecule has 5 amide bonds. The van der Waals surface area contributed by atoms with Gasteiger partial charge in [-0.3, -0.25) is 30.1 Å². The van der Waals surface area contributed by atoms with Gasteiger partial charge in [0.25, 0.3) is 17.7 Å². The standard InChI is InChI=1S/C25H36N4O6/c1-6-7-10-35-18-9-8-17(11-19(18)34-5)21(31)28-27-20(30)14-29-22(32)25(26-23(29)33)13-16(2)12-24(3,4)15-25/h8-9,11,16H,6-7,10,12-15H2,1-5H3,(H,26,33)(H,27,30)(H,28,31). The van der Waals surface area contributed by atoms with Crippen molar-refractivity contribution in [3.05, 3.63) is 23.8 Å². The molecule has 1 aromatic carbocycles. The summed E-state index contributed by atoms with van der Waals surface area (Å²) in [5.41, 5.74) is 3.74. The fraction of sp³-hybridized carbons (Fsp3) is 0.600. The molecular formula is C25H36N4O6. The van der Waals surface area contributed by atoms with Gasteiger partial charge in [-0.1, -0.05) is 34.1 Å². The molecule has 1 saturated heterocycles. The van der Waals surface area contributed by atoms with Crippen LogP contribution in [0, 0.1) is 11.3 Å². The molecule has 192 valence electrons. The van der Waals surface area contributed by atoms with Crippen LogP contribution in [0.25, 0.3) is 0 Å². The molecule has 1 aliphatic heterocycles. The highest BCUT2D eigenvalue weighted by Crippen LogP contribution is 2.46. The van der Waals surface area contributed by atoms with Crippen molar-refractivity contribution < 1.29 is 28.7 Å². The number of carbonyl (C=O) groups excluding carboxylic acids is 4. The van der Waals surface area contributed by atoms with Gasteiger partial charge in [0.2, 0.25) is 0 Å². The number of ether oxygens (including phenoxy) is 2. The third kappa shape index (κ3) is 6.04. The fourth-order valence-corrected chi connectivity index (χ4v) is 5.29. The maximum absolute atomic E-state index is 13.2. The number of carbonyl (C=O) groups is 4. The van der Waals surface area contributed by atoms with E-state index in [1.54, 1.807) is 12.1 Å². The van der Waals surface area contributed by atoms with E-state index in [2.05, 4.69) is 43.9 Å². The van der Waals surface area contributed by atoms with Crippen LogP contribution in [0.3, 0.4) is 0 Å². The summed E-state index contributed by atoms with van der Waals surface area (Å²) in [7, 11) is 1.48. The van der Waals surface area contributed by atoms with Crippen molar-refractivity contribution in [1.29, 1.82) is 0 Å². The summed E-state index contributed by atoms with van der Waals surface area (Å²) in [5, 5.41) is 2.83. The Labute approximate surface area is 206 Å². The maximum atomic E-state index is 13.2. The lowest BCUT2D eigenvalue weighted by Crippen LogP contribution is -2.54. The number of nitrogens with one attached hydrogen (secondary N) is 3. The van der Waals surface area contributed by atoms with Crippen molar-refractivity contribution in [3.8, 4) is 11.5 Å². The zero-order valence-corrected chi connectivity index (χ0v) is 21.2. The molecule has 0 radical (unpaired) electrons. The molecule has 10 nitrogen and oxygen atoms in total. The third-order valence-electron chi connectivity index (χ3n) is 6.42. The minimum atomic E-state index is -0.987. The Morgan fingerprint density at radius 2 is 1.91 bits per heavy atom. The van der Waals surface area contributed by atoms with Gasteiger partial charge in [0.1, 0.15) is 12.1 Å². The van der Waals surface area contributed by atoms with Crippen LogP contribution in [0.2, 0.25) is 0 Å². The van der Waals surface area contributed by atoms with Crippen molar-refractivity contribution in [3.63, 3.8) is 0 Å². The Kier molecular flexibility index (Phi) is 7.92. The number of imide groups is 1. The second kappa shape index (κ2) is 10.5. The minimum absolute atomic E-state index is 0.107. The number of hydrogen-bond acceptors (Lipinski definition) is 6. The second-order valence-corrected chi connectivity index (χ2v) is 10.3. The molecule has 35 heavy (non-hydrogen) atoms. The number of hydrogen-bond donors (Lipinski definition) is 3. The number of rotatable bonds is 8. The van der Waals surface area contributed by atoms with Crippen molar-refractivity contribution in [2.45, 2.75) is 65.3 Å². The molecule has 1 saturated carbocycles. The molecule has 2 fully saturated rings. The van der Waals surface area contributed by atoms with Gasteiger partial charge in [-0.05, 0) is 55.2 Å². The summed E-state index contributed by atoms with van der Waals surface area (Å²) in [6.45, 7) is 8.32. The molecule has 2 aliphatic rings. The molecule has 1 spiro atoms. The van der Waals surface area contributed by atoms with Crippen LogP contribution in [0.1, 0.15) is 70.2 Å². The summed E-state index contributed by atoms with van der Waals surface area (Å²) >= 11 is 0. The first-order chi connectivity index (χ1) is 16.5. The highest BCUT2D eigenvalue weighted by atomic mass is 16.5. The van der Waals surface area contributed by atoms with E-state index >= 15 is 0 Å². The molecule has 3 N–H and O–H groups in total. The van der Waals surface area contributed by atoms with Gasteiger partial charge in [-0.15, -0.1) is 0 Å². The Morgan fingerprint density at radius 1 is 1.17 bits per heavy atom. The van der Waals surface area contributed by atoms with Gasteiger partial charge < -0.3 is 14.8 Å². The van der Waals surface area contributed by atoms with E-state index in [1.165, 1.54) is 13.2 Å². The van der Waals surface area contributed by atoms with Crippen LogP contribution in [0.5, 0.6) is 11.5 Å². The van der Waals surface area contributed by atoms with Gasteiger partial charge in [0.05, 0.1) is 13.7 Å². The van der Waals surface area contributed by atoms with E-state index in [1.807, 2.05) is 0 Å². The van der Waals surface area contributed by atoms with Crippen LogP contribution in [-0.4, -0.2) is 54.5 Å². The average Bonchev–Trinajstić information content (AvgIpc) is 2.99. The van der Waals surface area contributed by atoms with Gasteiger partial charge in [0, 0.05) is 5.56 Å². The lowest BCUT2D eigenvalue weighted by atomic mass is 9.64. The summed E-state index contributed by atoms with van der Waals surface area (Å²) < 4.78 is 11.0. The van der Waals surface area contributed by atoms with Gasteiger partial charge >= 0.3 is 6.03 Å². The van der Waals surface area contributed by atoms with E-state index in [9.17, 15) is 19.2 Å². The molecule has 1 aliphatic carbocycles. The smallest absolute Gasteiger partial charge is 0.325 e. The Morgan fingerprint density at radius 3 is 2.57 bits per heavy atom. The third-order valence-corrected chi connectivity index (χ3v) is 6.42. The van der Waals surface area contributed by atoms with Crippen molar-refractivity contribution in [1.82, 2.24) is 21.1 Å². The van der Waals surface area contributed by atoms with Gasteiger partial charge in [-0.2, -0.15) is 0 Å². The van der Waals surface area contributed by atoms with E-state index in [-0.39, 0.29) is 16.9 Å². The lowest BCUT2D eigenvalue weighted by molar-refractivity contribution is -0.137. The van der Waals surface area contributed by atoms with Crippen molar-refractivity contribution >= 4 is 23.8 Å². The molecule has 0 bridgehead atoms. The van der Waals surface area contributed by atoms with Crippen LogP contribution in [0.15, 0.2) is 18.2 Å². The van der Waals surface area contributed by atoms with E-state index < -0.39 is 35.8 Å². The van der Waals surface area contributed by atoms with E-state index in [4.69, 9.17) is 9.47 Å². The molecule has 1 aromatic rings. The van der Waals surface area contributed by atoms with Crippen LogP contribution >= 0.6 is 0 Å². The van der Waals surface area contributed by atoms with Gasteiger partial charge in [-0.25, -0.2) is 4.79 Å². The van der Waals surface area contributed by atoms with Crippen LogP contribution in [0.4, 0.5) is 4.79 Å². The number of amides is 5. The maximum Gasteiger partial charge on any atom is 0.325 e. The summed E-state index contributed by atoms with van der Waals surface area (Å²) in [4.78, 5) is 51.6. The SMILES string of the molecule is CCCCOc1ccc(C(=O)NNC(=O)CN2C(=O)NC3(CC(C)CC(C)(C)C3)C2=O)cc1OC. The summed E-state index contributed by atoms with van der Waals surface area (Å²) in [6, 6.07) is 4.10. The zero-order chi connectivity index (χ0) is 25.8. The molecule has 2 unspecified atom stereocenters. The van der Waals surface area contributed by atoms with Crippen LogP contribution in [-0.2, 0) is 9.59 Å². The normalized spacial score (nSPS) is 23.1. The molecule has 2 atom stereocenters. The minimum Gasteiger partial charge on any atom is -0.493 e. The van der Waals surface area contributed by atoms with Crippen molar-refractivity contribution in [2.75, 3.05) is 20.3 Å². The average molecular weight is 489 g/mol. The number of nitrogens with zero attached hydrogens (tertiary/aromatic N) is 1. The summed E-state index contributed by atoms with van der Waals surface area (Å²) in [6.07, 6.45) is 3.90. The highest BCUT2D eigenvalue weighted by molar-refractivity contribution is 6.09. The van der Waals surface area contributed by atoms with Crippen LogP contribution < -0.4 is 25.6 Å². The first kappa shape index (κ1) is 26.3. The zero-order valence-electron chi connectivity index (χ0n) is 21.2.